The van der Waals surface area contributed by atoms with E-state index in [0.717, 1.165) is 25.8 Å². The first-order valence-electron chi connectivity index (χ1n) is 6.20. The van der Waals surface area contributed by atoms with Crippen molar-refractivity contribution < 1.29 is 9.90 Å². The van der Waals surface area contributed by atoms with Gasteiger partial charge in [-0.15, -0.1) is 0 Å². The van der Waals surface area contributed by atoms with Crippen molar-refractivity contribution in [2.75, 3.05) is 11.9 Å². The third-order valence-corrected chi connectivity index (χ3v) is 3.76. The number of amides is 1. The van der Waals surface area contributed by atoms with E-state index >= 15 is 0 Å². The first-order valence-corrected chi connectivity index (χ1v) is 6.99. The van der Waals surface area contributed by atoms with Gasteiger partial charge in [-0.1, -0.05) is 18.9 Å². The van der Waals surface area contributed by atoms with Crippen LogP contribution in [0.5, 0.6) is 5.75 Å². The molecule has 0 bridgehead atoms. The lowest BCUT2D eigenvalue weighted by atomic mass is 10.1. The van der Waals surface area contributed by atoms with E-state index in [-0.39, 0.29) is 17.7 Å². The van der Waals surface area contributed by atoms with Crippen LogP contribution in [0.2, 0.25) is 0 Å². The summed E-state index contributed by atoms with van der Waals surface area (Å²) in [5, 5.41) is 15.8. The lowest BCUT2D eigenvalue weighted by Gasteiger charge is -2.16. The average molecular weight is 313 g/mol. The van der Waals surface area contributed by atoms with Gasteiger partial charge in [0, 0.05) is 0 Å². The number of nitrogens with one attached hydrogen (secondary N) is 2. The minimum atomic E-state index is -0.161. The minimum Gasteiger partial charge on any atom is -0.505 e. The molecule has 0 radical (unpaired) electrons. The number of phenols is 1. The van der Waals surface area contributed by atoms with E-state index in [1.54, 1.807) is 18.2 Å². The topological polar surface area (TPSA) is 61.4 Å². The Kier molecular flexibility index (Phi) is 4.60. The molecule has 0 saturated carbocycles. The lowest BCUT2D eigenvalue weighted by molar-refractivity contribution is -0.118. The molecule has 2 rings (SSSR count). The molecular weight excluding hydrogens is 296 g/mol. The van der Waals surface area contributed by atoms with Crippen molar-refractivity contribution in [3.8, 4) is 5.75 Å². The summed E-state index contributed by atoms with van der Waals surface area (Å²) >= 11 is 3.23. The number of benzene rings is 1. The molecule has 1 aliphatic rings. The molecule has 1 amide bonds. The summed E-state index contributed by atoms with van der Waals surface area (Å²) in [6.45, 7) is 0.878. The van der Waals surface area contributed by atoms with Crippen molar-refractivity contribution >= 4 is 27.5 Å². The van der Waals surface area contributed by atoms with Crippen molar-refractivity contribution in [3.05, 3.63) is 22.7 Å². The zero-order valence-electron chi connectivity index (χ0n) is 10.1. The maximum absolute atomic E-state index is 12.1. The number of anilines is 1. The van der Waals surface area contributed by atoms with Gasteiger partial charge in [0.05, 0.1) is 16.2 Å². The highest BCUT2D eigenvalue weighted by Gasteiger charge is 2.20. The Balaban J connectivity index is 2.03. The van der Waals surface area contributed by atoms with E-state index in [2.05, 4.69) is 26.6 Å². The summed E-state index contributed by atoms with van der Waals surface area (Å²) in [4.78, 5) is 12.1. The standard InChI is InChI=1S/C13H17BrN2O2/c14-9-5-4-7-10(12(9)17)16-13(18)11-6-2-1-3-8-15-11/h4-5,7,11,15,17H,1-3,6,8H2,(H,16,18). The number of carbonyl (C=O) groups is 1. The molecule has 18 heavy (non-hydrogen) atoms. The van der Waals surface area contributed by atoms with Gasteiger partial charge in [-0.3, -0.25) is 4.79 Å². The highest BCUT2D eigenvalue weighted by molar-refractivity contribution is 9.10. The number of hydrogen-bond donors (Lipinski definition) is 3. The fraction of sp³-hybridized carbons (Fsp3) is 0.462. The van der Waals surface area contributed by atoms with Crippen molar-refractivity contribution in [2.45, 2.75) is 31.7 Å². The molecule has 1 aromatic carbocycles. The Morgan fingerprint density at radius 2 is 2.22 bits per heavy atom. The second-order valence-electron chi connectivity index (χ2n) is 4.48. The van der Waals surface area contributed by atoms with E-state index < -0.39 is 0 Å². The fourth-order valence-electron chi connectivity index (χ4n) is 2.09. The molecule has 5 heteroatoms. The van der Waals surface area contributed by atoms with Crippen molar-refractivity contribution in [2.24, 2.45) is 0 Å². The zero-order chi connectivity index (χ0) is 13.0. The third-order valence-electron chi connectivity index (χ3n) is 3.12. The van der Waals surface area contributed by atoms with Gasteiger partial charge in [0.25, 0.3) is 0 Å². The molecule has 3 N–H and O–H groups in total. The van der Waals surface area contributed by atoms with Crippen LogP contribution in [0, 0.1) is 0 Å². The highest BCUT2D eigenvalue weighted by atomic mass is 79.9. The quantitative estimate of drug-likeness (QED) is 0.736. The molecule has 0 aliphatic carbocycles. The van der Waals surface area contributed by atoms with Crippen LogP contribution in [0.25, 0.3) is 0 Å². The largest absolute Gasteiger partial charge is 0.505 e. The Morgan fingerprint density at radius 3 is 3.06 bits per heavy atom. The smallest absolute Gasteiger partial charge is 0.241 e. The molecule has 1 unspecified atom stereocenters. The fourth-order valence-corrected chi connectivity index (χ4v) is 2.45. The van der Waals surface area contributed by atoms with Gasteiger partial charge in [0.1, 0.15) is 0 Å². The predicted octanol–water partition coefficient (Wildman–Crippen LogP) is 2.63. The number of aromatic hydroxyl groups is 1. The van der Waals surface area contributed by atoms with Crippen LogP contribution in [0.4, 0.5) is 5.69 Å². The van der Waals surface area contributed by atoms with E-state index in [1.807, 2.05) is 0 Å². The molecule has 1 saturated heterocycles. The summed E-state index contributed by atoms with van der Waals surface area (Å²) in [6, 6.07) is 5.04. The predicted molar refractivity (Wildman–Crippen MR) is 74.7 cm³/mol. The molecule has 1 aliphatic heterocycles. The minimum absolute atomic E-state index is 0.0690. The maximum Gasteiger partial charge on any atom is 0.241 e. The van der Waals surface area contributed by atoms with Gasteiger partial charge in [-0.2, -0.15) is 0 Å². The third kappa shape index (κ3) is 3.23. The van der Waals surface area contributed by atoms with E-state index in [1.165, 1.54) is 6.42 Å². The molecular formula is C13H17BrN2O2. The first-order chi connectivity index (χ1) is 8.68. The second-order valence-corrected chi connectivity index (χ2v) is 5.34. The first kappa shape index (κ1) is 13.4. The number of hydrogen-bond acceptors (Lipinski definition) is 3. The Labute approximate surface area is 115 Å². The Hall–Kier alpha value is -1.07. The summed E-state index contributed by atoms with van der Waals surface area (Å²) < 4.78 is 0.578. The van der Waals surface area contributed by atoms with Crippen LogP contribution in [0.15, 0.2) is 22.7 Å². The summed E-state index contributed by atoms with van der Waals surface area (Å²) in [5.74, 6) is -0.00947. The second kappa shape index (κ2) is 6.20. The highest BCUT2D eigenvalue weighted by Crippen LogP contribution is 2.31. The van der Waals surface area contributed by atoms with Gasteiger partial charge in [-0.05, 0) is 47.4 Å². The zero-order valence-corrected chi connectivity index (χ0v) is 11.7. The number of para-hydroxylation sites is 1. The molecule has 1 heterocycles. The molecule has 1 atom stereocenters. The van der Waals surface area contributed by atoms with Crippen molar-refractivity contribution in [1.29, 1.82) is 0 Å². The SMILES string of the molecule is O=C(Nc1cccc(Br)c1O)C1CCCCCN1. The Bertz CT molecular complexity index is 429. The van der Waals surface area contributed by atoms with Gasteiger partial charge in [0.2, 0.25) is 5.91 Å². The number of halogens is 1. The monoisotopic (exact) mass is 312 g/mol. The van der Waals surface area contributed by atoms with Crippen LogP contribution < -0.4 is 10.6 Å². The average Bonchev–Trinajstić information content (AvgIpc) is 2.63. The van der Waals surface area contributed by atoms with Crippen LogP contribution in [0.3, 0.4) is 0 Å². The molecule has 4 nitrogen and oxygen atoms in total. The van der Waals surface area contributed by atoms with Crippen LogP contribution in [-0.2, 0) is 4.79 Å². The van der Waals surface area contributed by atoms with Gasteiger partial charge >= 0.3 is 0 Å². The summed E-state index contributed by atoms with van der Waals surface area (Å²) in [6.07, 6.45) is 4.20. The normalized spacial score (nSPS) is 20.2. The van der Waals surface area contributed by atoms with Crippen LogP contribution in [-0.4, -0.2) is 23.6 Å². The van der Waals surface area contributed by atoms with Crippen molar-refractivity contribution in [1.82, 2.24) is 5.32 Å². The number of rotatable bonds is 2. The molecule has 1 fully saturated rings. The summed E-state index contributed by atoms with van der Waals surface area (Å²) in [7, 11) is 0. The van der Waals surface area contributed by atoms with Gasteiger partial charge < -0.3 is 15.7 Å². The molecule has 1 aromatic rings. The van der Waals surface area contributed by atoms with E-state index in [0.29, 0.717) is 10.2 Å². The summed E-state index contributed by atoms with van der Waals surface area (Å²) in [5.41, 5.74) is 0.445. The van der Waals surface area contributed by atoms with Gasteiger partial charge in [0.15, 0.2) is 5.75 Å². The molecule has 98 valence electrons. The van der Waals surface area contributed by atoms with E-state index in [4.69, 9.17) is 0 Å². The number of carbonyl (C=O) groups excluding carboxylic acids is 1. The molecule has 0 spiro atoms. The van der Waals surface area contributed by atoms with Gasteiger partial charge in [-0.25, -0.2) is 0 Å². The van der Waals surface area contributed by atoms with Crippen LogP contribution >= 0.6 is 15.9 Å². The van der Waals surface area contributed by atoms with E-state index in [9.17, 15) is 9.90 Å². The van der Waals surface area contributed by atoms with Crippen LogP contribution in [0.1, 0.15) is 25.7 Å². The number of phenolic OH excluding ortho intramolecular Hbond substituents is 1. The maximum atomic E-state index is 12.1. The molecule has 0 aromatic heterocycles. The lowest BCUT2D eigenvalue weighted by Crippen LogP contribution is -2.39. The Morgan fingerprint density at radius 1 is 1.39 bits per heavy atom. The van der Waals surface area contributed by atoms with Crippen molar-refractivity contribution in [3.63, 3.8) is 0 Å².